The van der Waals surface area contributed by atoms with Gasteiger partial charge in [0.25, 0.3) is 11.6 Å². The van der Waals surface area contributed by atoms with Gasteiger partial charge in [0.05, 0.1) is 10.6 Å². The molecule has 0 bridgehead atoms. The third kappa shape index (κ3) is 4.04. The summed E-state index contributed by atoms with van der Waals surface area (Å²) < 4.78 is 0. The largest absolute Gasteiger partial charge is 0.273 e. The summed E-state index contributed by atoms with van der Waals surface area (Å²) in [6, 6.07) is 13.9. The van der Waals surface area contributed by atoms with Gasteiger partial charge < -0.3 is 0 Å². The van der Waals surface area contributed by atoms with Gasteiger partial charge in [0.2, 0.25) is 0 Å². The van der Waals surface area contributed by atoms with Crippen molar-refractivity contribution in [2.45, 2.75) is 20.8 Å². The first kappa shape index (κ1) is 17.3. The molecule has 1 N–H and O–H groups in total. The van der Waals surface area contributed by atoms with Crippen LogP contribution in [0.15, 0.2) is 53.6 Å². The van der Waals surface area contributed by atoms with Gasteiger partial charge in [-0.3, -0.25) is 14.9 Å². The van der Waals surface area contributed by atoms with E-state index in [-0.39, 0.29) is 17.2 Å². The van der Waals surface area contributed by atoms with E-state index in [1.54, 1.807) is 19.1 Å². The predicted octanol–water partition coefficient (Wildman–Crippen LogP) is 3.69. The monoisotopic (exact) mass is 325 g/mol. The van der Waals surface area contributed by atoms with Gasteiger partial charge in [0, 0.05) is 17.2 Å². The van der Waals surface area contributed by atoms with E-state index in [1.165, 1.54) is 6.07 Å². The molecular weight excluding hydrogens is 306 g/mol. The fraction of sp³-hybridized carbons (Fsp3) is 0.222. The molecular formula is C18H19N3O3. The molecule has 6 nitrogen and oxygen atoms in total. The van der Waals surface area contributed by atoms with Crippen molar-refractivity contribution in [1.82, 2.24) is 5.43 Å². The van der Waals surface area contributed by atoms with Crippen molar-refractivity contribution in [2.24, 2.45) is 11.0 Å². The van der Waals surface area contributed by atoms with Crippen LogP contribution >= 0.6 is 0 Å². The highest BCUT2D eigenvalue weighted by Gasteiger charge is 2.15. The molecule has 0 aliphatic heterocycles. The van der Waals surface area contributed by atoms with Crippen LogP contribution in [0.2, 0.25) is 0 Å². The Morgan fingerprint density at radius 2 is 1.79 bits per heavy atom. The molecule has 2 aromatic rings. The number of carbonyl (C=O) groups is 1. The van der Waals surface area contributed by atoms with Gasteiger partial charge in [-0.15, -0.1) is 0 Å². The minimum absolute atomic E-state index is 0.0845. The highest BCUT2D eigenvalue weighted by Crippen LogP contribution is 2.19. The number of hydrazone groups is 1. The minimum Gasteiger partial charge on any atom is -0.267 e. The SMILES string of the molecule is Cc1ccc(C(=O)N/N=C(/c2ccccc2)C(C)C)cc1[N+](=O)[O-]. The Kier molecular flexibility index (Phi) is 5.42. The highest BCUT2D eigenvalue weighted by atomic mass is 16.6. The molecule has 6 heteroatoms. The molecule has 0 saturated heterocycles. The van der Waals surface area contributed by atoms with Crippen molar-refractivity contribution in [3.63, 3.8) is 0 Å². The van der Waals surface area contributed by atoms with Crippen LogP contribution in [0.5, 0.6) is 0 Å². The lowest BCUT2D eigenvalue weighted by Gasteiger charge is -2.10. The summed E-state index contributed by atoms with van der Waals surface area (Å²) in [7, 11) is 0. The summed E-state index contributed by atoms with van der Waals surface area (Å²) in [5, 5.41) is 15.2. The van der Waals surface area contributed by atoms with Gasteiger partial charge in [0.15, 0.2) is 0 Å². The number of carbonyl (C=O) groups excluding carboxylic acids is 1. The zero-order valence-electron chi connectivity index (χ0n) is 13.8. The molecule has 0 spiro atoms. The van der Waals surface area contributed by atoms with Crippen LogP contribution in [0.3, 0.4) is 0 Å². The fourth-order valence-corrected chi connectivity index (χ4v) is 2.26. The number of aryl methyl sites for hydroxylation is 1. The average molecular weight is 325 g/mol. The standard InChI is InChI=1S/C18H19N3O3/c1-12(2)17(14-7-5-4-6-8-14)19-20-18(22)15-10-9-13(3)16(11-15)21(23)24/h4-12H,1-3H3,(H,20,22)/b19-17+. The second-order valence-corrected chi connectivity index (χ2v) is 5.72. The van der Waals surface area contributed by atoms with Crippen LogP contribution in [0.4, 0.5) is 5.69 Å². The number of nitrogens with one attached hydrogen (secondary N) is 1. The van der Waals surface area contributed by atoms with E-state index in [0.29, 0.717) is 5.56 Å². The summed E-state index contributed by atoms with van der Waals surface area (Å²) in [5.74, 6) is -0.368. The molecule has 0 aliphatic carbocycles. The van der Waals surface area contributed by atoms with E-state index in [9.17, 15) is 14.9 Å². The van der Waals surface area contributed by atoms with E-state index < -0.39 is 10.8 Å². The number of benzene rings is 2. The van der Waals surface area contributed by atoms with Gasteiger partial charge in [-0.1, -0.05) is 50.2 Å². The summed E-state index contributed by atoms with van der Waals surface area (Å²) in [6.07, 6.45) is 0. The van der Waals surface area contributed by atoms with Crippen molar-refractivity contribution in [2.75, 3.05) is 0 Å². The Bertz CT molecular complexity index is 783. The highest BCUT2D eigenvalue weighted by molar-refractivity contribution is 6.03. The minimum atomic E-state index is -0.501. The summed E-state index contributed by atoms with van der Waals surface area (Å²) >= 11 is 0. The maximum Gasteiger partial charge on any atom is 0.273 e. The zero-order valence-corrected chi connectivity index (χ0v) is 13.8. The summed E-state index contributed by atoms with van der Waals surface area (Å²) in [6.45, 7) is 5.59. The number of nitrogens with zero attached hydrogens (tertiary/aromatic N) is 2. The molecule has 0 radical (unpaired) electrons. The van der Waals surface area contributed by atoms with Gasteiger partial charge in [-0.2, -0.15) is 5.10 Å². The van der Waals surface area contributed by atoms with Crippen LogP contribution in [0, 0.1) is 23.0 Å². The second kappa shape index (κ2) is 7.50. The maximum atomic E-state index is 12.2. The summed E-state index contributed by atoms with van der Waals surface area (Å²) in [4.78, 5) is 22.7. The second-order valence-electron chi connectivity index (χ2n) is 5.72. The molecule has 2 rings (SSSR count). The van der Waals surface area contributed by atoms with Crippen LogP contribution in [0.1, 0.15) is 35.3 Å². The smallest absolute Gasteiger partial charge is 0.267 e. The zero-order chi connectivity index (χ0) is 17.7. The third-order valence-corrected chi connectivity index (χ3v) is 3.56. The lowest BCUT2D eigenvalue weighted by atomic mass is 10.0. The molecule has 0 heterocycles. The maximum absolute atomic E-state index is 12.2. The molecule has 0 unspecified atom stereocenters. The van der Waals surface area contributed by atoms with E-state index in [1.807, 2.05) is 44.2 Å². The topological polar surface area (TPSA) is 84.6 Å². The van der Waals surface area contributed by atoms with Gasteiger partial charge in [0.1, 0.15) is 0 Å². The molecule has 0 atom stereocenters. The van der Waals surface area contributed by atoms with E-state index >= 15 is 0 Å². The number of rotatable bonds is 5. The Hall–Kier alpha value is -3.02. The molecule has 0 aromatic heterocycles. The number of nitro benzene ring substituents is 1. The first-order chi connectivity index (χ1) is 11.4. The average Bonchev–Trinajstić information content (AvgIpc) is 2.55. The van der Waals surface area contributed by atoms with Crippen molar-refractivity contribution < 1.29 is 9.72 Å². The molecule has 0 saturated carbocycles. The molecule has 0 aliphatic rings. The van der Waals surface area contributed by atoms with Gasteiger partial charge in [-0.05, 0) is 24.5 Å². The van der Waals surface area contributed by atoms with Crippen molar-refractivity contribution in [3.8, 4) is 0 Å². The first-order valence-corrected chi connectivity index (χ1v) is 7.58. The van der Waals surface area contributed by atoms with Crippen molar-refractivity contribution in [1.29, 1.82) is 0 Å². The van der Waals surface area contributed by atoms with Crippen LogP contribution in [-0.4, -0.2) is 16.5 Å². The third-order valence-electron chi connectivity index (χ3n) is 3.56. The normalized spacial score (nSPS) is 11.4. The number of hydrogen-bond donors (Lipinski definition) is 1. The number of nitro groups is 1. The van der Waals surface area contributed by atoms with E-state index in [4.69, 9.17) is 0 Å². The van der Waals surface area contributed by atoms with Crippen LogP contribution < -0.4 is 5.43 Å². The molecule has 2 aromatic carbocycles. The van der Waals surface area contributed by atoms with Crippen LogP contribution in [-0.2, 0) is 0 Å². The molecule has 24 heavy (non-hydrogen) atoms. The predicted molar refractivity (Wildman–Crippen MR) is 93.1 cm³/mol. The first-order valence-electron chi connectivity index (χ1n) is 7.58. The summed E-state index contributed by atoms with van der Waals surface area (Å²) in [5.41, 5.74) is 4.77. The van der Waals surface area contributed by atoms with E-state index in [0.717, 1.165) is 11.3 Å². The van der Waals surface area contributed by atoms with E-state index in [2.05, 4.69) is 10.5 Å². The fourth-order valence-electron chi connectivity index (χ4n) is 2.26. The Balaban J connectivity index is 2.25. The molecule has 124 valence electrons. The Morgan fingerprint density at radius 1 is 1.12 bits per heavy atom. The Morgan fingerprint density at radius 3 is 2.38 bits per heavy atom. The Labute approximate surface area is 140 Å². The quantitative estimate of drug-likeness (QED) is 0.517. The molecule has 1 amide bonds. The number of amides is 1. The van der Waals surface area contributed by atoms with Gasteiger partial charge >= 0.3 is 0 Å². The number of hydrogen-bond acceptors (Lipinski definition) is 4. The van der Waals surface area contributed by atoms with Crippen molar-refractivity contribution >= 4 is 17.3 Å². The van der Waals surface area contributed by atoms with Gasteiger partial charge in [-0.25, -0.2) is 5.43 Å². The lowest BCUT2D eigenvalue weighted by molar-refractivity contribution is -0.385. The molecule has 0 fully saturated rings. The van der Waals surface area contributed by atoms with Crippen molar-refractivity contribution in [3.05, 3.63) is 75.3 Å². The van der Waals surface area contributed by atoms with Crippen LogP contribution in [0.25, 0.3) is 0 Å². The lowest BCUT2D eigenvalue weighted by Crippen LogP contribution is -2.22.